The summed E-state index contributed by atoms with van der Waals surface area (Å²) in [6.45, 7) is 2.20. The molecule has 0 N–H and O–H groups in total. The number of fused-ring (bicyclic) bond motifs is 2. The molecule has 4 rings (SSSR count). The molecule has 0 aliphatic carbocycles. The van der Waals surface area contributed by atoms with E-state index in [9.17, 15) is 0 Å². The molecule has 0 radical (unpaired) electrons. The van der Waals surface area contributed by atoms with Crippen LogP contribution < -0.4 is 0 Å². The summed E-state index contributed by atoms with van der Waals surface area (Å²) in [7, 11) is 0. The highest BCUT2D eigenvalue weighted by Crippen LogP contribution is 2.37. The lowest BCUT2D eigenvalue weighted by molar-refractivity contribution is 1.29. The Morgan fingerprint density at radius 1 is 1.06 bits per heavy atom. The van der Waals surface area contributed by atoms with Crippen LogP contribution in [0.5, 0.6) is 0 Å². The molecule has 0 saturated heterocycles. The van der Waals surface area contributed by atoms with Crippen molar-refractivity contribution >= 4 is 64.1 Å². The van der Waals surface area contributed by atoms with Crippen molar-refractivity contribution < 1.29 is 0 Å². The van der Waals surface area contributed by atoms with E-state index in [0.29, 0.717) is 0 Å². The zero-order valence-electron chi connectivity index (χ0n) is 9.73. The summed E-state index contributed by atoms with van der Waals surface area (Å²) >= 11 is 7.58. The van der Waals surface area contributed by atoms with Crippen LogP contribution in [0.4, 0.5) is 0 Å². The van der Waals surface area contributed by atoms with Gasteiger partial charge in [-0.15, -0.1) is 45.3 Å². The average molecular weight is 307 g/mol. The second-order valence-corrected chi connectivity index (χ2v) is 8.87. The zero-order valence-corrected chi connectivity index (χ0v) is 13.0. The van der Waals surface area contributed by atoms with Crippen LogP contribution in [0.1, 0.15) is 15.3 Å². The third-order valence-electron chi connectivity index (χ3n) is 3.03. The van der Waals surface area contributed by atoms with Crippen LogP contribution in [-0.2, 0) is 6.42 Å². The first-order valence-corrected chi connectivity index (χ1v) is 9.11. The molecule has 0 spiro atoms. The third kappa shape index (κ3) is 1.75. The van der Waals surface area contributed by atoms with Crippen LogP contribution in [0.15, 0.2) is 29.0 Å². The normalized spacial score (nSPS) is 11.8. The van der Waals surface area contributed by atoms with Crippen molar-refractivity contribution in [3.05, 3.63) is 44.3 Å². The van der Waals surface area contributed by atoms with Crippen molar-refractivity contribution in [3.8, 4) is 0 Å². The fraction of sp³-hybridized carbons (Fsp3) is 0.143. The lowest BCUT2D eigenvalue weighted by Crippen LogP contribution is -1.80. The van der Waals surface area contributed by atoms with Gasteiger partial charge >= 0.3 is 0 Å². The van der Waals surface area contributed by atoms with E-state index in [1.807, 2.05) is 45.3 Å². The number of aryl methyl sites for hydroxylation is 1. The van der Waals surface area contributed by atoms with Gasteiger partial charge < -0.3 is 0 Å². The molecule has 0 aromatic carbocycles. The van der Waals surface area contributed by atoms with Crippen molar-refractivity contribution in [2.24, 2.45) is 0 Å². The minimum Gasteiger partial charge on any atom is -0.143 e. The molecule has 4 aromatic heterocycles. The molecule has 0 aliphatic rings. The predicted molar refractivity (Wildman–Crippen MR) is 86.9 cm³/mol. The molecule has 0 fully saturated rings. The summed E-state index contributed by atoms with van der Waals surface area (Å²) in [4.78, 5) is 2.91. The summed E-state index contributed by atoms with van der Waals surface area (Å²) < 4.78 is 4.34. The lowest BCUT2D eigenvalue weighted by Gasteiger charge is -1.94. The number of thiophene rings is 4. The van der Waals surface area contributed by atoms with Crippen molar-refractivity contribution in [2.45, 2.75) is 13.3 Å². The second-order valence-electron chi connectivity index (χ2n) is 4.36. The maximum atomic E-state index is 2.35. The van der Waals surface area contributed by atoms with E-state index in [-0.39, 0.29) is 0 Å². The summed E-state index contributed by atoms with van der Waals surface area (Å²) in [6, 6.07) is 6.92. The van der Waals surface area contributed by atoms with Gasteiger partial charge in [0.25, 0.3) is 0 Å². The number of rotatable bonds is 2. The van der Waals surface area contributed by atoms with Gasteiger partial charge in [0.2, 0.25) is 0 Å². The SMILES string of the molecule is Cc1cc2c(Cc3cc4sccc4s3)csc2s1. The van der Waals surface area contributed by atoms with E-state index in [0.717, 1.165) is 6.42 Å². The van der Waals surface area contributed by atoms with Gasteiger partial charge in [0.05, 0.1) is 4.01 Å². The van der Waals surface area contributed by atoms with Gasteiger partial charge in [-0.1, -0.05) is 0 Å². The first-order valence-electron chi connectivity index (χ1n) is 5.72. The zero-order chi connectivity index (χ0) is 12.1. The van der Waals surface area contributed by atoms with Gasteiger partial charge in [-0.05, 0) is 41.4 Å². The first-order chi connectivity index (χ1) is 8.79. The van der Waals surface area contributed by atoms with E-state index in [1.165, 1.54) is 34.1 Å². The maximum absolute atomic E-state index is 2.35. The quantitative estimate of drug-likeness (QED) is 0.417. The smallest absolute Gasteiger partial charge is 0.0870 e. The van der Waals surface area contributed by atoms with E-state index in [2.05, 4.69) is 35.9 Å². The highest BCUT2D eigenvalue weighted by Gasteiger charge is 2.10. The topological polar surface area (TPSA) is 0 Å². The third-order valence-corrected chi connectivity index (χ3v) is 7.34. The standard InChI is InChI=1S/C14H10S4/c1-8-4-11-9(7-16-14(11)17-8)5-10-6-13-12(18-10)2-3-15-13/h2-4,6-7H,5H2,1H3. The largest absolute Gasteiger partial charge is 0.143 e. The molecule has 0 atom stereocenters. The van der Waals surface area contributed by atoms with Crippen LogP contribution in [0.3, 0.4) is 0 Å². The predicted octanol–water partition coefficient (Wildman–Crippen LogP) is 6.14. The molecule has 0 amide bonds. The van der Waals surface area contributed by atoms with Gasteiger partial charge in [-0.2, -0.15) is 0 Å². The molecule has 0 nitrogen and oxygen atoms in total. The van der Waals surface area contributed by atoms with Crippen LogP contribution in [0.2, 0.25) is 0 Å². The van der Waals surface area contributed by atoms with Gasteiger partial charge in [0, 0.05) is 31.0 Å². The second kappa shape index (κ2) is 4.17. The molecular formula is C14H10S4. The molecule has 4 aromatic rings. The highest BCUT2D eigenvalue weighted by atomic mass is 32.2. The molecule has 4 heterocycles. The Morgan fingerprint density at radius 2 is 2.00 bits per heavy atom. The Kier molecular flexibility index (Phi) is 2.59. The van der Waals surface area contributed by atoms with Gasteiger partial charge in [0.15, 0.2) is 0 Å². The van der Waals surface area contributed by atoms with E-state index in [4.69, 9.17) is 0 Å². The molecule has 0 aliphatic heterocycles. The molecule has 0 saturated carbocycles. The molecule has 18 heavy (non-hydrogen) atoms. The van der Waals surface area contributed by atoms with E-state index in [1.54, 1.807) is 0 Å². The molecule has 0 unspecified atom stereocenters. The van der Waals surface area contributed by atoms with E-state index < -0.39 is 0 Å². The van der Waals surface area contributed by atoms with Crippen molar-refractivity contribution in [2.75, 3.05) is 0 Å². The summed E-state index contributed by atoms with van der Waals surface area (Å²) in [6.07, 6.45) is 1.09. The molecule has 4 heteroatoms. The monoisotopic (exact) mass is 306 g/mol. The average Bonchev–Trinajstić information content (AvgIpc) is 3.00. The summed E-state index contributed by atoms with van der Waals surface area (Å²) in [5, 5.41) is 5.98. The molecule has 0 bridgehead atoms. The molecule has 90 valence electrons. The summed E-state index contributed by atoms with van der Waals surface area (Å²) in [5.74, 6) is 0. The van der Waals surface area contributed by atoms with Gasteiger partial charge in [-0.25, -0.2) is 0 Å². The van der Waals surface area contributed by atoms with Crippen molar-refractivity contribution in [1.29, 1.82) is 0 Å². The van der Waals surface area contributed by atoms with Crippen molar-refractivity contribution in [1.82, 2.24) is 0 Å². The van der Waals surface area contributed by atoms with Crippen molar-refractivity contribution in [3.63, 3.8) is 0 Å². The number of hydrogen-bond acceptors (Lipinski definition) is 4. The van der Waals surface area contributed by atoms with Crippen LogP contribution in [-0.4, -0.2) is 0 Å². The van der Waals surface area contributed by atoms with Gasteiger partial charge in [0.1, 0.15) is 0 Å². The Labute approximate surface area is 121 Å². The van der Waals surface area contributed by atoms with E-state index >= 15 is 0 Å². The van der Waals surface area contributed by atoms with Crippen LogP contribution in [0, 0.1) is 6.92 Å². The Balaban J connectivity index is 1.77. The highest BCUT2D eigenvalue weighted by molar-refractivity contribution is 7.37. The molecular weight excluding hydrogens is 296 g/mol. The lowest BCUT2D eigenvalue weighted by atomic mass is 10.1. The fourth-order valence-electron chi connectivity index (χ4n) is 2.22. The Hall–Kier alpha value is -0.680. The fourth-order valence-corrected chi connectivity index (χ4v) is 6.65. The minimum absolute atomic E-state index is 1.09. The maximum Gasteiger partial charge on any atom is 0.0870 e. The first kappa shape index (κ1) is 11.2. The van der Waals surface area contributed by atoms with Crippen LogP contribution >= 0.6 is 45.3 Å². The minimum atomic E-state index is 1.09. The summed E-state index contributed by atoms with van der Waals surface area (Å²) in [5.41, 5.74) is 1.49. The Morgan fingerprint density at radius 3 is 2.89 bits per heavy atom. The Bertz CT molecular complexity index is 796. The van der Waals surface area contributed by atoms with Crippen LogP contribution in [0.25, 0.3) is 18.8 Å². The van der Waals surface area contributed by atoms with Gasteiger partial charge in [-0.3, -0.25) is 0 Å². The number of hydrogen-bond donors (Lipinski definition) is 0.